The molecular formula is C7H12F2O. The Morgan fingerprint density at radius 3 is 2.40 bits per heavy atom. The third-order valence-corrected chi connectivity index (χ3v) is 2.04. The average molecular weight is 150 g/mol. The molecule has 0 saturated heterocycles. The van der Waals surface area contributed by atoms with Crippen molar-refractivity contribution in [2.75, 3.05) is 0 Å². The molecule has 1 N–H and O–H groups in total. The van der Waals surface area contributed by atoms with Crippen LogP contribution in [0.25, 0.3) is 0 Å². The molecule has 10 heavy (non-hydrogen) atoms. The lowest BCUT2D eigenvalue weighted by Crippen LogP contribution is -2.24. The van der Waals surface area contributed by atoms with E-state index >= 15 is 0 Å². The van der Waals surface area contributed by atoms with Gasteiger partial charge in [0.2, 0.25) is 6.43 Å². The first kappa shape index (κ1) is 7.92. The Morgan fingerprint density at radius 2 is 2.00 bits per heavy atom. The van der Waals surface area contributed by atoms with E-state index in [0.717, 1.165) is 6.42 Å². The molecule has 1 fully saturated rings. The Bertz CT molecular complexity index is 106. The maximum absolute atomic E-state index is 12.0. The van der Waals surface area contributed by atoms with Crippen LogP contribution in [0.4, 0.5) is 8.78 Å². The Morgan fingerprint density at radius 1 is 1.30 bits per heavy atom. The zero-order valence-corrected chi connectivity index (χ0v) is 5.76. The highest BCUT2D eigenvalue weighted by atomic mass is 19.3. The lowest BCUT2D eigenvalue weighted by molar-refractivity contribution is 0.0109. The molecule has 1 aliphatic rings. The number of rotatable bonds is 1. The first-order chi connectivity index (χ1) is 4.70. The number of alkyl halides is 2. The Labute approximate surface area is 59.0 Å². The molecule has 0 spiro atoms. The smallest absolute Gasteiger partial charge is 0.241 e. The minimum absolute atomic E-state index is 0.289. The topological polar surface area (TPSA) is 20.2 Å². The molecule has 0 aromatic heterocycles. The van der Waals surface area contributed by atoms with Gasteiger partial charge >= 0.3 is 0 Å². The van der Waals surface area contributed by atoms with Crippen LogP contribution in [0.2, 0.25) is 0 Å². The molecule has 0 bridgehead atoms. The molecule has 0 radical (unpaired) electrons. The summed E-state index contributed by atoms with van der Waals surface area (Å²) in [4.78, 5) is 0. The molecule has 0 aromatic rings. The fourth-order valence-corrected chi connectivity index (χ4v) is 1.43. The van der Waals surface area contributed by atoms with Crippen LogP contribution in [-0.2, 0) is 0 Å². The molecule has 2 unspecified atom stereocenters. The van der Waals surface area contributed by atoms with Gasteiger partial charge in [-0.3, -0.25) is 0 Å². The van der Waals surface area contributed by atoms with Gasteiger partial charge in [-0.1, -0.05) is 6.42 Å². The van der Waals surface area contributed by atoms with Crippen LogP contribution in [-0.4, -0.2) is 17.6 Å². The first-order valence-corrected chi connectivity index (χ1v) is 3.66. The number of aliphatic hydroxyl groups is 1. The fraction of sp³-hybridized carbons (Fsp3) is 1.00. The minimum atomic E-state index is -2.24. The van der Waals surface area contributed by atoms with Crippen molar-refractivity contribution in [1.29, 1.82) is 0 Å². The second-order valence-corrected chi connectivity index (χ2v) is 2.91. The molecular weight excluding hydrogens is 138 g/mol. The van der Waals surface area contributed by atoms with Crippen molar-refractivity contribution in [2.45, 2.75) is 38.2 Å². The number of halogens is 2. The molecule has 1 saturated carbocycles. The maximum Gasteiger partial charge on any atom is 0.241 e. The van der Waals surface area contributed by atoms with E-state index in [0.29, 0.717) is 12.8 Å². The van der Waals surface area contributed by atoms with Crippen molar-refractivity contribution in [3.05, 3.63) is 0 Å². The van der Waals surface area contributed by atoms with Gasteiger partial charge in [0.1, 0.15) is 0 Å². The highest BCUT2D eigenvalue weighted by Gasteiger charge is 2.26. The molecule has 1 rings (SSSR count). The molecule has 1 nitrogen and oxygen atoms in total. The van der Waals surface area contributed by atoms with Gasteiger partial charge in [0.15, 0.2) is 0 Å². The Balaban J connectivity index is 2.32. The predicted molar refractivity (Wildman–Crippen MR) is 34.0 cm³/mol. The molecule has 0 heterocycles. The lowest BCUT2D eigenvalue weighted by Gasteiger charge is -2.24. The molecule has 3 heteroatoms. The zero-order valence-electron chi connectivity index (χ0n) is 5.76. The van der Waals surface area contributed by atoms with Crippen molar-refractivity contribution in [2.24, 2.45) is 5.92 Å². The molecule has 0 aromatic carbocycles. The van der Waals surface area contributed by atoms with Crippen LogP contribution in [0, 0.1) is 5.92 Å². The summed E-state index contributed by atoms with van der Waals surface area (Å²) >= 11 is 0. The number of aliphatic hydroxyl groups excluding tert-OH is 1. The van der Waals surface area contributed by atoms with Crippen molar-refractivity contribution in [1.82, 2.24) is 0 Å². The monoisotopic (exact) mass is 150 g/mol. The maximum atomic E-state index is 12.0. The lowest BCUT2D eigenvalue weighted by atomic mass is 9.88. The van der Waals surface area contributed by atoms with E-state index in [9.17, 15) is 8.78 Å². The molecule has 2 atom stereocenters. The zero-order chi connectivity index (χ0) is 7.56. The predicted octanol–water partition coefficient (Wildman–Crippen LogP) is 1.80. The molecule has 0 amide bonds. The van der Waals surface area contributed by atoms with E-state index in [2.05, 4.69) is 0 Å². The summed E-state index contributed by atoms with van der Waals surface area (Å²) in [5, 5.41) is 9.00. The summed E-state index contributed by atoms with van der Waals surface area (Å²) in [6.45, 7) is 0. The second kappa shape index (κ2) is 3.28. The largest absolute Gasteiger partial charge is 0.393 e. The average Bonchev–Trinajstić information content (AvgIpc) is 1.88. The van der Waals surface area contributed by atoms with Gasteiger partial charge in [0.25, 0.3) is 0 Å². The second-order valence-electron chi connectivity index (χ2n) is 2.91. The quantitative estimate of drug-likeness (QED) is 0.604. The third kappa shape index (κ3) is 1.90. The van der Waals surface area contributed by atoms with Gasteiger partial charge in [-0.2, -0.15) is 0 Å². The summed E-state index contributed by atoms with van der Waals surface area (Å²) in [5.41, 5.74) is 0. The van der Waals surface area contributed by atoms with Crippen LogP contribution in [0.5, 0.6) is 0 Å². The molecule has 1 aliphatic carbocycles. The summed E-state index contributed by atoms with van der Waals surface area (Å²) in [6.07, 6.45) is -0.408. The molecule has 0 aliphatic heterocycles. The van der Waals surface area contributed by atoms with Gasteiger partial charge in [-0.15, -0.1) is 0 Å². The SMILES string of the molecule is OC1CCCC(C(F)F)C1. The van der Waals surface area contributed by atoms with Crippen LogP contribution >= 0.6 is 0 Å². The third-order valence-electron chi connectivity index (χ3n) is 2.04. The van der Waals surface area contributed by atoms with E-state index in [1.54, 1.807) is 0 Å². The summed E-state index contributed by atoms with van der Waals surface area (Å²) in [7, 11) is 0. The summed E-state index contributed by atoms with van der Waals surface area (Å²) in [6, 6.07) is 0. The number of hydrogen-bond donors (Lipinski definition) is 1. The van der Waals surface area contributed by atoms with Gasteiger partial charge in [-0.05, 0) is 19.3 Å². The summed E-state index contributed by atoms with van der Waals surface area (Å²) < 4.78 is 24.0. The Kier molecular flexibility index (Phi) is 2.60. The summed E-state index contributed by atoms with van der Waals surface area (Å²) in [5.74, 6) is -0.552. The molecule has 60 valence electrons. The van der Waals surface area contributed by atoms with Crippen LogP contribution < -0.4 is 0 Å². The standard InChI is InChI=1S/C7H12F2O/c8-7(9)5-2-1-3-6(10)4-5/h5-7,10H,1-4H2. The fourth-order valence-electron chi connectivity index (χ4n) is 1.43. The van der Waals surface area contributed by atoms with Crippen LogP contribution in [0.3, 0.4) is 0 Å². The first-order valence-electron chi connectivity index (χ1n) is 3.66. The van der Waals surface area contributed by atoms with Gasteiger partial charge in [-0.25, -0.2) is 8.78 Å². The Hall–Kier alpha value is -0.180. The normalized spacial score (nSPS) is 34.8. The van der Waals surface area contributed by atoms with Crippen LogP contribution in [0.15, 0.2) is 0 Å². The number of hydrogen-bond acceptors (Lipinski definition) is 1. The van der Waals surface area contributed by atoms with E-state index in [4.69, 9.17) is 5.11 Å². The van der Waals surface area contributed by atoms with Crippen molar-refractivity contribution in [3.8, 4) is 0 Å². The van der Waals surface area contributed by atoms with Crippen molar-refractivity contribution < 1.29 is 13.9 Å². The highest BCUT2D eigenvalue weighted by Crippen LogP contribution is 2.28. The van der Waals surface area contributed by atoms with Crippen molar-refractivity contribution >= 4 is 0 Å². The van der Waals surface area contributed by atoms with E-state index in [1.807, 2.05) is 0 Å². The van der Waals surface area contributed by atoms with Crippen LogP contribution in [0.1, 0.15) is 25.7 Å². The van der Waals surface area contributed by atoms with Gasteiger partial charge < -0.3 is 5.11 Å². The van der Waals surface area contributed by atoms with E-state index < -0.39 is 18.4 Å². The van der Waals surface area contributed by atoms with E-state index in [-0.39, 0.29) is 6.42 Å². The highest BCUT2D eigenvalue weighted by molar-refractivity contribution is 4.73. The van der Waals surface area contributed by atoms with Gasteiger partial charge in [0.05, 0.1) is 6.10 Å². The van der Waals surface area contributed by atoms with Crippen molar-refractivity contribution in [3.63, 3.8) is 0 Å². The minimum Gasteiger partial charge on any atom is -0.393 e. The van der Waals surface area contributed by atoms with Gasteiger partial charge in [0, 0.05) is 5.92 Å². The van der Waals surface area contributed by atoms with E-state index in [1.165, 1.54) is 0 Å².